The second kappa shape index (κ2) is 14.1. The largest absolute Gasteiger partial charge is 0.383 e. The number of nitrogens with zero attached hydrogens (tertiary/aromatic N) is 8. The second-order valence-corrected chi connectivity index (χ2v) is 20.0. The molecule has 1 aliphatic heterocycles. The summed E-state index contributed by atoms with van der Waals surface area (Å²) in [5.41, 5.74) is 19.4. The summed E-state index contributed by atoms with van der Waals surface area (Å²) in [6.45, 7) is 0. The molecule has 7 aromatic rings. The lowest BCUT2D eigenvalue weighted by molar-refractivity contribution is -0.117. The van der Waals surface area contributed by atoms with Gasteiger partial charge >= 0.3 is 5.20 Å². The molecule has 1 unspecified atom stereocenters. The van der Waals surface area contributed by atoms with Crippen LogP contribution in [0, 0.1) is 0 Å². The van der Waals surface area contributed by atoms with Gasteiger partial charge in [0.05, 0.1) is 40.2 Å². The number of halogens is 4. The summed E-state index contributed by atoms with van der Waals surface area (Å²) < 4.78 is 13.4. The lowest BCUT2D eigenvalue weighted by atomic mass is 9.95. The van der Waals surface area contributed by atoms with Gasteiger partial charge in [-0.15, -0.1) is 0 Å². The Hall–Kier alpha value is -4.46. The molecule has 6 N–H and O–H groups in total. The molecule has 53 heavy (non-hydrogen) atoms. The van der Waals surface area contributed by atoms with Gasteiger partial charge < -0.3 is 21.8 Å². The van der Waals surface area contributed by atoms with Crippen LogP contribution >= 0.6 is 50.5 Å². The molecule has 5 aromatic heterocycles. The zero-order valence-electron chi connectivity index (χ0n) is 27.8. The van der Waals surface area contributed by atoms with Gasteiger partial charge in [-0.05, 0) is 77.1 Å². The standard InChI is InChI=1S/C17H15ClN6.C17H16N6O.Cl3OP/c18-15-11(10-3-1-2-4-12(10)22-15)7-13-14-16(19)20-8-21-17(14)24(23-13)9-5-6-9;18-15-14-13(22-23(9-5-6-9)16(14)20-8-19-15)7-11-10-3-1-2-4-12(10)21-17(11)24;1-5(2,3)4/h1-4,8-9,22H,5-7H2,(H2,19,20,21);1-4,8-9,11H,5-7H2,(H,21,24)(H2,18,19,20);. The second-order valence-electron chi connectivity index (χ2n) is 13.0. The van der Waals surface area contributed by atoms with Crippen molar-refractivity contribution < 1.29 is 9.36 Å². The molecule has 0 saturated heterocycles. The van der Waals surface area contributed by atoms with E-state index in [1.807, 2.05) is 51.8 Å². The molecule has 2 saturated carbocycles. The fraction of sp³-hybridized carbons (Fsp3) is 0.265. The Kier molecular flexibility index (Phi) is 9.44. The van der Waals surface area contributed by atoms with Crippen molar-refractivity contribution in [1.29, 1.82) is 0 Å². The first-order chi connectivity index (χ1) is 25.4. The van der Waals surface area contributed by atoms with Gasteiger partial charge in [-0.1, -0.05) is 48.0 Å². The summed E-state index contributed by atoms with van der Waals surface area (Å²) in [4.78, 5) is 32.7. The molecular weight excluding hydrogens is 781 g/mol. The highest BCUT2D eigenvalue weighted by Crippen LogP contribution is 2.61. The fourth-order valence-electron chi connectivity index (χ4n) is 6.73. The number of benzene rings is 2. The minimum atomic E-state index is -3.22. The van der Waals surface area contributed by atoms with E-state index in [0.717, 1.165) is 86.9 Å². The van der Waals surface area contributed by atoms with E-state index in [0.29, 0.717) is 41.7 Å². The number of aromatic nitrogens is 9. The molecular formula is C34H31Cl4N12O2P. The number of amides is 1. The Morgan fingerprint density at radius 1 is 0.792 bits per heavy atom. The summed E-state index contributed by atoms with van der Waals surface area (Å²) in [5.74, 6) is 0.638. The quantitative estimate of drug-likeness (QED) is 0.118. The number of rotatable bonds is 6. The molecule has 272 valence electrons. The van der Waals surface area contributed by atoms with Crippen LogP contribution in [0.3, 0.4) is 0 Å². The van der Waals surface area contributed by atoms with E-state index < -0.39 is 5.20 Å². The third-order valence-corrected chi connectivity index (χ3v) is 9.70. The Labute approximate surface area is 321 Å². The zero-order valence-corrected chi connectivity index (χ0v) is 31.7. The molecule has 1 amide bonds. The van der Waals surface area contributed by atoms with Gasteiger partial charge in [0.25, 0.3) is 0 Å². The van der Waals surface area contributed by atoms with Crippen LogP contribution in [-0.2, 0) is 22.2 Å². The average molecular weight is 812 g/mol. The maximum atomic E-state index is 12.4. The van der Waals surface area contributed by atoms with Gasteiger partial charge in [0.1, 0.15) is 29.4 Å². The number of aromatic amines is 1. The Bertz CT molecular complexity index is 2570. The van der Waals surface area contributed by atoms with Gasteiger partial charge in [-0.25, -0.2) is 29.3 Å². The molecule has 0 radical (unpaired) electrons. The first-order valence-electron chi connectivity index (χ1n) is 16.7. The van der Waals surface area contributed by atoms with E-state index in [1.165, 1.54) is 12.7 Å². The van der Waals surface area contributed by atoms with Crippen molar-refractivity contribution >= 4 is 107 Å². The number of carbonyl (C=O) groups is 1. The SMILES string of the molecule is Nc1ncnc2c1c(CC1C(=O)Nc3ccccc31)nn2C1CC1.Nc1ncnc2c1c(Cc1c(Cl)[nH]c3ccccc13)nn2C1CC1.O=P(Cl)(Cl)Cl. The number of hydrogen-bond donors (Lipinski definition) is 4. The van der Waals surface area contributed by atoms with Crippen LogP contribution in [0.4, 0.5) is 17.3 Å². The third-order valence-electron chi connectivity index (χ3n) is 9.38. The van der Waals surface area contributed by atoms with Gasteiger partial charge in [0, 0.05) is 35.0 Å². The van der Waals surface area contributed by atoms with Crippen LogP contribution in [0.5, 0.6) is 0 Å². The molecule has 2 aliphatic carbocycles. The van der Waals surface area contributed by atoms with Crippen molar-refractivity contribution in [3.63, 3.8) is 0 Å². The first kappa shape index (κ1) is 35.6. The summed E-state index contributed by atoms with van der Waals surface area (Å²) in [6.07, 6.45) is 8.54. The van der Waals surface area contributed by atoms with Gasteiger partial charge in [-0.3, -0.25) is 9.36 Å². The van der Waals surface area contributed by atoms with Crippen LogP contribution in [-0.4, -0.2) is 50.4 Å². The number of anilines is 3. The van der Waals surface area contributed by atoms with E-state index in [2.05, 4.69) is 70.0 Å². The number of para-hydroxylation sites is 2. The van der Waals surface area contributed by atoms with E-state index in [4.69, 9.17) is 33.3 Å². The van der Waals surface area contributed by atoms with E-state index in [-0.39, 0.29) is 11.8 Å². The highest BCUT2D eigenvalue weighted by Gasteiger charge is 2.34. The van der Waals surface area contributed by atoms with E-state index >= 15 is 0 Å². The number of nitrogens with two attached hydrogens (primary N) is 2. The molecule has 6 heterocycles. The molecule has 0 spiro atoms. The number of fused-ring (bicyclic) bond motifs is 4. The molecule has 0 bridgehead atoms. The predicted octanol–water partition coefficient (Wildman–Crippen LogP) is 8.30. The topological polar surface area (TPSA) is 201 Å². The highest BCUT2D eigenvalue weighted by molar-refractivity contribution is 8.24. The van der Waals surface area contributed by atoms with Crippen LogP contribution in [0.1, 0.15) is 66.2 Å². The van der Waals surface area contributed by atoms with Crippen molar-refractivity contribution in [1.82, 2.24) is 44.5 Å². The maximum absolute atomic E-state index is 12.4. The third kappa shape index (κ3) is 7.39. The van der Waals surface area contributed by atoms with Gasteiger partial charge in [0.2, 0.25) is 5.91 Å². The first-order valence-corrected chi connectivity index (χ1v) is 21.5. The minimum absolute atomic E-state index is 0.000688. The molecule has 3 aliphatic rings. The number of hydrogen-bond acceptors (Lipinski definition) is 10. The smallest absolute Gasteiger partial charge is 0.339 e. The van der Waals surface area contributed by atoms with E-state index in [1.54, 1.807) is 0 Å². The Morgan fingerprint density at radius 2 is 1.34 bits per heavy atom. The number of nitrogen functional groups attached to an aromatic ring is 2. The normalized spacial score (nSPS) is 16.6. The molecule has 2 aromatic carbocycles. The van der Waals surface area contributed by atoms with Crippen molar-refractivity contribution in [3.8, 4) is 0 Å². The number of H-pyrrole nitrogens is 1. The monoisotopic (exact) mass is 810 g/mol. The number of nitrogens with one attached hydrogen (secondary N) is 2. The highest BCUT2D eigenvalue weighted by atomic mass is 36.0. The molecule has 10 rings (SSSR count). The summed E-state index contributed by atoms with van der Waals surface area (Å²) in [6, 6.07) is 16.7. The predicted molar refractivity (Wildman–Crippen MR) is 209 cm³/mol. The zero-order chi connectivity index (χ0) is 37.0. The van der Waals surface area contributed by atoms with Crippen LogP contribution < -0.4 is 16.8 Å². The minimum Gasteiger partial charge on any atom is -0.383 e. The Morgan fingerprint density at radius 3 is 1.96 bits per heavy atom. The molecule has 14 nitrogen and oxygen atoms in total. The van der Waals surface area contributed by atoms with Gasteiger partial charge in [0.15, 0.2) is 11.3 Å². The lowest BCUT2D eigenvalue weighted by Gasteiger charge is -2.07. The van der Waals surface area contributed by atoms with Crippen LogP contribution in [0.2, 0.25) is 5.15 Å². The van der Waals surface area contributed by atoms with Crippen molar-refractivity contribution in [2.45, 2.75) is 56.5 Å². The fourth-order valence-corrected chi connectivity index (χ4v) is 7.00. The lowest BCUT2D eigenvalue weighted by Crippen LogP contribution is -2.15. The van der Waals surface area contributed by atoms with Crippen LogP contribution in [0.15, 0.2) is 61.2 Å². The van der Waals surface area contributed by atoms with Crippen molar-refractivity contribution in [2.75, 3.05) is 16.8 Å². The summed E-state index contributed by atoms with van der Waals surface area (Å²) in [5, 5.41) is 12.6. The molecule has 1 atom stereocenters. The average Bonchev–Trinajstić information content (AvgIpc) is 4.03. The van der Waals surface area contributed by atoms with Crippen molar-refractivity contribution in [3.05, 3.63) is 88.9 Å². The number of carbonyl (C=O) groups excluding carboxylic acids is 1. The summed E-state index contributed by atoms with van der Waals surface area (Å²) in [7, 11) is 0. The molecule has 19 heteroatoms. The maximum Gasteiger partial charge on any atom is 0.339 e. The van der Waals surface area contributed by atoms with Crippen LogP contribution in [0.25, 0.3) is 33.0 Å². The van der Waals surface area contributed by atoms with Crippen molar-refractivity contribution in [2.24, 2.45) is 0 Å². The van der Waals surface area contributed by atoms with E-state index in [9.17, 15) is 9.36 Å². The Balaban J connectivity index is 0.000000134. The van der Waals surface area contributed by atoms with Gasteiger partial charge in [-0.2, -0.15) is 10.2 Å². The molecule has 2 fully saturated rings. The summed E-state index contributed by atoms with van der Waals surface area (Å²) >= 11 is 20.3.